The molecule has 38 heavy (non-hydrogen) atoms. The lowest BCUT2D eigenvalue weighted by atomic mass is 9.62. The molecule has 11 heteroatoms. The molecular formula is C27H46O11. The van der Waals surface area contributed by atoms with Crippen molar-refractivity contribution in [2.45, 2.75) is 128 Å². The third-order valence-corrected chi connectivity index (χ3v) is 6.97. The Morgan fingerprint density at radius 3 is 1.37 bits per heavy atom. The molecule has 0 heterocycles. The predicted octanol–water partition coefficient (Wildman–Crippen LogP) is 3.10. The zero-order valence-electron chi connectivity index (χ0n) is 22.5. The van der Waals surface area contributed by atoms with Gasteiger partial charge in [-0.1, -0.05) is 96.8 Å². The number of aliphatic carboxylic acids is 3. The van der Waals surface area contributed by atoms with E-state index in [1.807, 2.05) is 0 Å². The number of carbonyl (C=O) groups is 5. The summed E-state index contributed by atoms with van der Waals surface area (Å²) in [4.78, 5) is 61.0. The van der Waals surface area contributed by atoms with Crippen LogP contribution in [0.2, 0.25) is 0 Å². The highest BCUT2D eigenvalue weighted by molar-refractivity contribution is 6.27. The number of hydrogen-bond acceptors (Lipinski definition) is 8. The summed E-state index contributed by atoms with van der Waals surface area (Å²) >= 11 is 0. The molecule has 0 bridgehead atoms. The van der Waals surface area contributed by atoms with Gasteiger partial charge in [0.1, 0.15) is 6.10 Å². The number of rotatable bonds is 25. The van der Waals surface area contributed by atoms with Crippen LogP contribution in [0.25, 0.3) is 0 Å². The molecule has 220 valence electrons. The Kier molecular flexibility index (Phi) is 17.6. The van der Waals surface area contributed by atoms with Crippen LogP contribution in [0.5, 0.6) is 0 Å². The average molecular weight is 547 g/mol. The van der Waals surface area contributed by atoms with Crippen LogP contribution >= 0.6 is 0 Å². The van der Waals surface area contributed by atoms with E-state index < -0.39 is 66.0 Å². The summed E-state index contributed by atoms with van der Waals surface area (Å²) in [6.07, 6.45) is 10.5. The summed E-state index contributed by atoms with van der Waals surface area (Å²) in [5, 5.41) is 57.9. The van der Waals surface area contributed by atoms with Crippen LogP contribution < -0.4 is 0 Å². The molecule has 0 spiro atoms. The number of hydrogen-bond donors (Lipinski definition) is 6. The Balaban J connectivity index is 4.89. The zero-order chi connectivity index (χ0) is 29.2. The number of aliphatic hydroxyl groups is 3. The van der Waals surface area contributed by atoms with Crippen molar-refractivity contribution in [3.05, 3.63) is 0 Å². The van der Waals surface area contributed by atoms with Crippen molar-refractivity contribution >= 4 is 29.5 Å². The molecule has 3 atom stereocenters. The molecule has 11 nitrogen and oxygen atoms in total. The highest BCUT2D eigenvalue weighted by Gasteiger charge is 2.71. The minimum Gasteiger partial charge on any atom is -0.481 e. The molecule has 0 aliphatic carbocycles. The predicted molar refractivity (Wildman–Crippen MR) is 138 cm³/mol. The highest BCUT2D eigenvalue weighted by Crippen LogP contribution is 2.40. The van der Waals surface area contributed by atoms with Gasteiger partial charge >= 0.3 is 17.9 Å². The van der Waals surface area contributed by atoms with E-state index in [0.29, 0.717) is 12.8 Å². The molecular weight excluding hydrogens is 500 g/mol. The maximum Gasteiger partial charge on any atom is 0.338 e. The first-order valence-electron chi connectivity index (χ1n) is 13.7. The number of unbranched alkanes of at least 4 members (excludes halogenated alkanes) is 14. The van der Waals surface area contributed by atoms with Crippen LogP contribution in [-0.2, 0) is 24.0 Å². The van der Waals surface area contributed by atoms with Gasteiger partial charge in [-0.25, -0.2) is 4.79 Å². The van der Waals surface area contributed by atoms with Crippen molar-refractivity contribution in [2.75, 3.05) is 6.61 Å². The monoisotopic (exact) mass is 546 g/mol. The van der Waals surface area contributed by atoms with Crippen LogP contribution in [0, 0.1) is 5.41 Å². The van der Waals surface area contributed by atoms with Crippen molar-refractivity contribution in [3.63, 3.8) is 0 Å². The first-order chi connectivity index (χ1) is 17.9. The van der Waals surface area contributed by atoms with Crippen molar-refractivity contribution in [1.29, 1.82) is 0 Å². The number of Topliss-reactive ketones (excluding diaryl/α,β-unsaturated/α-hetero) is 2. The molecule has 0 radical (unpaired) electrons. The summed E-state index contributed by atoms with van der Waals surface area (Å²) in [7, 11) is 0. The minimum atomic E-state index is -3.88. The van der Waals surface area contributed by atoms with E-state index in [2.05, 4.69) is 6.92 Å². The molecule has 0 saturated heterocycles. The molecule has 0 aromatic heterocycles. The highest BCUT2D eigenvalue weighted by atomic mass is 16.4. The van der Waals surface area contributed by atoms with Gasteiger partial charge in [0.2, 0.25) is 11.0 Å². The van der Waals surface area contributed by atoms with Gasteiger partial charge in [-0.15, -0.1) is 0 Å². The number of carboxylic acid groups (broad SMARTS) is 3. The Morgan fingerprint density at radius 2 is 1.05 bits per heavy atom. The fourth-order valence-corrected chi connectivity index (χ4v) is 4.74. The fraction of sp³-hybridized carbons (Fsp3) is 0.815. The topological polar surface area (TPSA) is 207 Å². The summed E-state index contributed by atoms with van der Waals surface area (Å²) in [5.41, 5.74) is -7.69. The number of carboxylic acids is 3. The zero-order valence-corrected chi connectivity index (χ0v) is 22.5. The Morgan fingerprint density at radius 1 is 0.658 bits per heavy atom. The van der Waals surface area contributed by atoms with Gasteiger partial charge in [-0.3, -0.25) is 19.2 Å². The van der Waals surface area contributed by atoms with E-state index in [1.54, 1.807) is 0 Å². The first kappa shape index (κ1) is 35.6. The molecule has 3 unspecified atom stereocenters. The number of aliphatic hydroxyl groups excluding tert-OH is 2. The second-order valence-corrected chi connectivity index (χ2v) is 9.98. The largest absolute Gasteiger partial charge is 0.481 e. The summed E-state index contributed by atoms with van der Waals surface area (Å²) < 4.78 is 0. The molecule has 0 fully saturated rings. The number of ketones is 2. The molecule has 0 rings (SSSR count). The lowest BCUT2D eigenvalue weighted by Gasteiger charge is -2.38. The Hall–Kier alpha value is -2.37. The second-order valence-electron chi connectivity index (χ2n) is 9.98. The van der Waals surface area contributed by atoms with Crippen LogP contribution in [0.4, 0.5) is 0 Å². The van der Waals surface area contributed by atoms with Gasteiger partial charge in [0, 0.05) is 6.42 Å². The van der Waals surface area contributed by atoms with Crippen LogP contribution in [0.3, 0.4) is 0 Å². The summed E-state index contributed by atoms with van der Waals surface area (Å²) in [6, 6.07) is 0. The molecule has 0 aliphatic rings. The fourth-order valence-electron chi connectivity index (χ4n) is 4.74. The molecule has 0 aromatic rings. The van der Waals surface area contributed by atoms with Crippen molar-refractivity contribution < 1.29 is 54.6 Å². The summed E-state index contributed by atoms with van der Waals surface area (Å²) in [5.74, 6) is -10.3. The quantitative estimate of drug-likeness (QED) is 0.0724. The standard InChI is InChI=1S/C27H46O11/c1-2-3-4-5-6-7-8-9-10-11-12-13-14-15-16-17-21(30)27(25(36)37,23(33)20(29)19-28)26(38,24(34)35)18-22(31)32/h20,28-29,38H,2-19H2,1H3,(H,31,32)(H,34,35)(H,36,37). The third kappa shape index (κ3) is 10.4. The van der Waals surface area contributed by atoms with E-state index in [9.17, 15) is 44.4 Å². The normalized spacial score (nSPS) is 15.3. The first-order valence-corrected chi connectivity index (χ1v) is 13.7. The van der Waals surface area contributed by atoms with Crippen LogP contribution in [-0.4, -0.2) is 78.4 Å². The van der Waals surface area contributed by atoms with Gasteiger partial charge < -0.3 is 30.6 Å². The lowest BCUT2D eigenvalue weighted by molar-refractivity contribution is -0.198. The molecule has 0 amide bonds. The number of carbonyl (C=O) groups excluding carboxylic acids is 2. The Bertz CT molecular complexity index is 766. The Labute approximate surface area is 224 Å². The molecule has 0 saturated carbocycles. The van der Waals surface area contributed by atoms with E-state index in [1.165, 1.54) is 51.4 Å². The van der Waals surface area contributed by atoms with Crippen molar-refractivity contribution in [3.8, 4) is 0 Å². The molecule has 0 aromatic carbocycles. The van der Waals surface area contributed by atoms with Crippen LogP contribution in [0.15, 0.2) is 0 Å². The average Bonchev–Trinajstić information content (AvgIpc) is 2.85. The van der Waals surface area contributed by atoms with Crippen molar-refractivity contribution in [1.82, 2.24) is 0 Å². The van der Waals surface area contributed by atoms with Gasteiger partial charge in [0.15, 0.2) is 11.6 Å². The second kappa shape index (κ2) is 18.8. The van der Waals surface area contributed by atoms with Gasteiger partial charge in [-0.05, 0) is 6.42 Å². The van der Waals surface area contributed by atoms with E-state index in [4.69, 9.17) is 10.2 Å². The maximum atomic E-state index is 13.0. The van der Waals surface area contributed by atoms with E-state index in [0.717, 1.165) is 25.7 Å². The van der Waals surface area contributed by atoms with Crippen LogP contribution in [0.1, 0.15) is 116 Å². The van der Waals surface area contributed by atoms with Gasteiger partial charge in [0.05, 0.1) is 13.0 Å². The smallest absolute Gasteiger partial charge is 0.338 e. The van der Waals surface area contributed by atoms with E-state index in [-0.39, 0.29) is 6.42 Å². The maximum absolute atomic E-state index is 13.0. The minimum absolute atomic E-state index is 0.0666. The molecule has 6 N–H and O–H groups in total. The van der Waals surface area contributed by atoms with E-state index >= 15 is 0 Å². The molecule has 0 aliphatic heterocycles. The summed E-state index contributed by atoms with van der Waals surface area (Å²) in [6.45, 7) is 0.841. The SMILES string of the molecule is CCCCCCCCCCCCCCCCCC(=O)C(C(=O)O)(C(=O)C(O)CO)C(O)(CC(=O)O)C(=O)O. The van der Waals surface area contributed by atoms with Gasteiger partial charge in [0.25, 0.3) is 0 Å². The third-order valence-electron chi connectivity index (χ3n) is 6.97. The van der Waals surface area contributed by atoms with Crippen molar-refractivity contribution in [2.24, 2.45) is 5.41 Å². The lowest BCUT2D eigenvalue weighted by Crippen LogP contribution is -2.68. The van der Waals surface area contributed by atoms with Gasteiger partial charge in [-0.2, -0.15) is 0 Å².